The first-order valence-corrected chi connectivity index (χ1v) is 39.1. The molecule has 2 atom stereocenters. The van der Waals surface area contributed by atoms with E-state index in [1.54, 1.807) is 6.08 Å². The lowest BCUT2D eigenvalue weighted by Gasteiger charge is -2.20. The highest BCUT2D eigenvalue weighted by Crippen LogP contribution is 2.19. The Morgan fingerprint density at radius 2 is 0.575 bits per heavy atom. The summed E-state index contributed by atoms with van der Waals surface area (Å²) in [5.41, 5.74) is 0. The van der Waals surface area contributed by atoms with Crippen molar-refractivity contribution >= 4 is 11.9 Å². The quantitative estimate of drug-likeness (QED) is 0.0320. The molecule has 0 aromatic carbocycles. The highest BCUT2D eigenvalue weighted by molar-refractivity contribution is 5.76. The summed E-state index contributed by atoms with van der Waals surface area (Å²) in [4.78, 5) is 24.6. The maximum Gasteiger partial charge on any atom is 0.305 e. The van der Waals surface area contributed by atoms with Crippen molar-refractivity contribution in [3.05, 3.63) is 60.8 Å². The third-order valence-electron chi connectivity index (χ3n) is 18.0. The fourth-order valence-electron chi connectivity index (χ4n) is 12.1. The van der Waals surface area contributed by atoms with Gasteiger partial charge in [-0.3, -0.25) is 9.59 Å². The van der Waals surface area contributed by atoms with Crippen LogP contribution in [0.4, 0.5) is 0 Å². The van der Waals surface area contributed by atoms with Crippen LogP contribution in [-0.4, -0.2) is 47.4 Å². The fraction of sp³-hybridized carbons (Fsp3) is 0.852. The number of esters is 1. The molecule has 87 heavy (non-hydrogen) atoms. The molecule has 0 aliphatic rings. The Morgan fingerprint density at radius 3 is 0.897 bits per heavy atom. The van der Waals surface area contributed by atoms with Crippen LogP contribution in [0.5, 0.6) is 0 Å². The van der Waals surface area contributed by atoms with Gasteiger partial charge in [-0.1, -0.05) is 370 Å². The first-order chi connectivity index (χ1) is 43.0. The van der Waals surface area contributed by atoms with E-state index in [2.05, 4.69) is 67.8 Å². The van der Waals surface area contributed by atoms with E-state index in [1.807, 2.05) is 6.08 Å². The average molecular weight is 1220 g/mol. The Hall–Kier alpha value is -2.44. The molecular weight excluding hydrogens is 1070 g/mol. The zero-order valence-electron chi connectivity index (χ0n) is 58.5. The molecule has 510 valence electrons. The maximum absolute atomic E-state index is 12.6. The number of amides is 1. The number of nitrogens with one attached hydrogen (secondary N) is 1. The number of hydrogen-bond acceptors (Lipinski definition) is 5. The predicted octanol–water partition coefficient (Wildman–Crippen LogP) is 25.8. The van der Waals surface area contributed by atoms with E-state index >= 15 is 0 Å². The Bertz CT molecular complexity index is 1500. The van der Waals surface area contributed by atoms with Gasteiger partial charge in [0.1, 0.15) is 0 Å². The predicted molar refractivity (Wildman–Crippen MR) is 384 cm³/mol. The van der Waals surface area contributed by atoms with E-state index in [1.165, 1.54) is 334 Å². The van der Waals surface area contributed by atoms with Gasteiger partial charge in [0.15, 0.2) is 0 Å². The van der Waals surface area contributed by atoms with Crippen LogP contribution in [0.3, 0.4) is 0 Å². The molecule has 6 nitrogen and oxygen atoms in total. The monoisotopic (exact) mass is 1220 g/mol. The van der Waals surface area contributed by atoms with Crippen molar-refractivity contribution in [1.29, 1.82) is 0 Å². The molecule has 0 rings (SSSR count). The van der Waals surface area contributed by atoms with Crippen LogP contribution >= 0.6 is 0 Å². The van der Waals surface area contributed by atoms with Crippen LogP contribution in [0.25, 0.3) is 0 Å². The number of ether oxygens (including phenoxy) is 1. The molecule has 1 amide bonds. The normalized spacial score (nSPS) is 12.8. The van der Waals surface area contributed by atoms with Crippen LogP contribution < -0.4 is 5.32 Å². The summed E-state index contributed by atoms with van der Waals surface area (Å²) in [6, 6.07) is -0.630. The summed E-state index contributed by atoms with van der Waals surface area (Å²) >= 11 is 0. The van der Waals surface area contributed by atoms with Crippen LogP contribution in [0.15, 0.2) is 60.8 Å². The Morgan fingerprint density at radius 1 is 0.322 bits per heavy atom. The lowest BCUT2D eigenvalue weighted by molar-refractivity contribution is -0.143. The molecule has 0 saturated heterocycles. The van der Waals surface area contributed by atoms with Crippen LogP contribution in [-0.2, 0) is 14.3 Å². The van der Waals surface area contributed by atoms with Gasteiger partial charge in [0.2, 0.25) is 5.91 Å². The minimum atomic E-state index is -0.847. The highest BCUT2D eigenvalue weighted by Gasteiger charge is 2.18. The number of carbonyl (C=O) groups is 2. The molecule has 0 fully saturated rings. The number of unbranched alkanes of at least 4 members (excludes halogenated alkanes) is 54. The summed E-state index contributed by atoms with van der Waals surface area (Å²) < 4.78 is 5.48. The lowest BCUT2D eigenvalue weighted by atomic mass is 10.0. The van der Waals surface area contributed by atoms with E-state index in [9.17, 15) is 19.8 Å². The summed E-state index contributed by atoms with van der Waals surface area (Å²) in [5, 5.41) is 23.3. The van der Waals surface area contributed by atoms with E-state index < -0.39 is 12.1 Å². The second kappa shape index (κ2) is 76.0. The van der Waals surface area contributed by atoms with Crippen LogP contribution in [0, 0.1) is 0 Å². The summed E-state index contributed by atoms with van der Waals surface area (Å²) in [6.45, 7) is 4.90. The molecule has 0 spiro atoms. The van der Waals surface area contributed by atoms with Crippen molar-refractivity contribution in [2.75, 3.05) is 13.2 Å². The van der Waals surface area contributed by atoms with Gasteiger partial charge in [-0.2, -0.15) is 0 Å². The molecule has 0 bridgehead atoms. The van der Waals surface area contributed by atoms with E-state index in [-0.39, 0.29) is 18.5 Å². The number of allylic oxidation sites excluding steroid dienone is 9. The van der Waals surface area contributed by atoms with Gasteiger partial charge in [0.25, 0.3) is 0 Å². The number of rotatable bonds is 73. The molecule has 2 unspecified atom stereocenters. The molecule has 0 aliphatic carbocycles. The molecule has 6 heteroatoms. The van der Waals surface area contributed by atoms with Gasteiger partial charge >= 0.3 is 5.97 Å². The average Bonchev–Trinajstić information content (AvgIpc) is 3.53. The van der Waals surface area contributed by atoms with Gasteiger partial charge in [-0.25, -0.2) is 0 Å². The van der Waals surface area contributed by atoms with Gasteiger partial charge in [0.05, 0.1) is 25.4 Å². The fourth-order valence-corrected chi connectivity index (χ4v) is 12.1. The van der Waals surface area contributed by atoms with E-state index in [0.717, 1.165) is 57.8 Å². The van der Waals surface area contributed by atoms with Crippen molar-refractivity contribution in [3.8, 4) is 0 Å². The van der Waals surface area contributed by atoms with Gasteiger partial charge < -0.3 is 20.3 Å². The minimum Gasteiger partial charge on any atom is -0.466 e. The van der Waals surface area contributed by atoms with Gasteiger partial charge in [0, 0.05) is 12.8 Å². The summed E-state index contributed by atoms with van der Waals surface area (Å²) in [6.07, 6.45) is 102. The summed E-state index contributed by atoms with van der Waals surface area (Å²) in [7, 11) is 0. The first-order valence-electron chi connectivity index (χ1n) is 39.1. The highest BCUT2D eigenvalue weighted by atomic mass is 16.5. The Kier molecular flexibility index (Phi) is 73.9. The van der Waals surface area contributed by atoms with Crippen molar-refractivity contribution < 1.29 is 24.5 Å². The lowest BCUT2D eigenvalue weighted by Crippen LogP contribution is -2.45. The zero-order chi connectivity index (χ0) is 62.8. The summed E-state index contributed by atoms with van der Waals surface area (Å²) in [5.74, 6) is -0.0644. The molecule has 0 aliphatic heterocycles. The minimum absolute atomic E-state index is 0.000999. The van der Waals surface area contributed by atoms with Gasteiger partial charge in [-0.05, 0) is 96.3 Å². The molecule has 0 aromatic heterocycles. The van der Waals surface area contributed by atoms with Crippen molar-refractivity contribution in [3.63, 3.8) is 0 Å². The number of carbonyl (C=O) groups excluding carboxylic acids is 2. The standard InChI is InChI=1S/C81H151NO5/c1-3-5-7-9-11-13-15-17-19-20-21-22-23-33-36-39-42-46-49-53-57-61-65-69-73-79(84)78(77-83)82-80(85)74-70-66-62-58-54-50-47-43-40-37-34-31-29-27-25-24-26-28-30-32-35-38-41-44-48-52-56-60-64-68-72-76-87-81(86)75-71-67-63-59-55-51-45-18-16-14-12-10-8-6-4-2/h12,14,18,26,28,32,35,45,69,73,78-79,83-84H,3-11,13,15-17,19-25,27,29-31,33-34,36-44,46-68,70-72,74-77H2,1-2H3,(H,82,85)/b14-12-,28-26-,35-32-,45-18-,73-69+. The van der Waals surface area contributed by atoms with Crippen LogP contribution in [0.2, 0.25) is 0 Å². The SMILES string of the molecule is CCCCC/C=C\C/C=C\CCCCCCCC(=O)OCCCCCCCCCCC/C=C\C/C=C\CCCCCCCCCCCCCCCCCC(=O)NC(CO)C(O)/C=C/CCCCCCCCCCCCCCCCCCCCCCCC. The van der Waals surface area contributed by atoms with Gasteiger partial charge in [-0.15, -0.1) is 0 Å². The topological polar surface area (TPSA) is 95.9 Å². The third kappa shape index (κ3) is 72.5. The second-order valence-electron chi connectivity index (χ2n) is 26.7. The van der Waals surface area contributed by atoms with Crippen molar-refractivity contribution in [1.82, 2.24) is 5.32 Å². The second-order valence-corrected chi connectivity index (χ2v) is 26.7. The Labute approximate surface area is 543 Å². The van der Waals surface area contributed by atoms with Crippen molar-refractivity contribution in [2.45, 2.75) is 431 Å². The maximum atomic E-state index is 12.6. The molecule has 0 heterocycles. The zero-order valence-corrected chi connectivity index (χ0v) is 58.5. The molecule has 0 saturated carbocycles. The van der Waals surface area contributed by atoms with E-state index in [4.69, 9.17) is 4.74 Å². The first kappa shape index (κ1) is 84.6. The Balaban J connectivity index is 3.43. The number of aliphatic hydroxyl groups is 2. The molecule has 0 radical (unpaired) electrons. The number of hydrogen-bond donors (Lipinski definition) is 3. The van der Waals surface area contributed by atoms with Crippen LogP contribution in [0.1, 0.15) is 418 Å². The molecule has 3 N–H and O–H groups in total. The van der Waals surface area contributed by atoms with Crippen molar-refractivity contribution in [2.24, 2.45) is 0 Å². The molecular formula is C81H151NO5. The number of aliphatic hydroxyl groups excluding tert-OH is 2. The van der Waals surface area contributed by atoms with E-state index in [0.29, 0.717) is 19.4 Å². The third-order valence-corrected chi connectivity index (χ3v) is 18.0. The molecule has 0 aromatic rings. The largest absolute Gasteiger partial charge is 0.466 e. The smallest absolute Gasteiger partial charge is 0.305 e.